The molecule has 1 fully saturated rings. The highest BCUT2D eigenvalue weighted by atomic mass is 32.2. The first-order valence-corrected chi connectivity index (χ1v) is 10.2. The van der Waals surface area contributed by atoms with Crippen molar-refractivity contribution in [2.24, 2.45) is 0 Å². The van der Waals surface area contributed by atoms with Gasteiger partial charge < -0.3 is 9.64 Å². The molecule has 0 atom stereocenters. The van der Waals surface area contributed by atoms with Crippen LogP contribution in [0, 0.1) is 0 Å². The molecule has 1 aromatic carbocycles. The van der Waals surface area contributed by atoms with Crippen LogP contribution in [0.15, 0.2) is 47.5 Å². The summed E-state index contributed by atoms with van der Waals surface area (Å²) in [5, 5.41) is 0. The van der Waals surface area contributed by atoms with E-state index in [0.29, 0.717) is 25.0 Å². The van der Waals surface area contributed by atoms with Crippen LogP contribution in [0.1, 0.15) is 37.8 Å². The second-order valence-corrected chi connectivity index (χ2v) is 8.67. The molecule has 1 aliphatic rings. The minimum Gasteiger partial charge on any atom is -0.455 e. The molecule has 0 aliphatic heterocycles. The van der Waals surface area contributed by atoms with Crippen LogP contribution < -0.4 is 4.90 Å². The molecule has 0 unspecified atom stereocenters. The molecule has 0 radical (unpaired) electrons. The van der Waals surface area contributed by atoms with Crippen LogP contribution in [0.3, 0.4) is 0 Å². The number of benzene rings is 1. The van der Waals surface area contributed by atoms with E-state index in [-0.39, 0.29) is 4.90 Å². The monoisotopic (exact) mass is 376 g/mol. The highest BCUT2D eigenvalue weighted by molar-refractivity contribution is 7.90. The van der Waals surface area contributed by atoms with Gasteiger partial charge in [0, 0.05) is 26.0 Å². The van der Waals surface area contributed by atoms with Gasteiger partial charge in [0.25, 0.3) is 16.5 Å². The summed E-state index contributed by atoms with van der Waals surface area (Å²) in [5.41, 5.74) is 0.561. The third-order valence-electron chi connectivity index (χ3n) is 5.02. The van der Waals surface area contributed by atoms with Gasteiger partial charge >= 0.3 is 0 Å². The van der Waals surface area contributed by atoms with Crippen molar-refractivity contribution in [3.05, 3.63) is 48.3 Å². The third kappa shape index (κ3) is 3.23. The van der Waals surface area contributed by atoms with Gasteiger partial charge in [0.05, 0.1) is 10.6 Å². The molecule has 1 heterocycles. The van der Waals surface area contributed by atoms with Gasteiger partial charge in [-0.25, -0.2) is 12.4 Å². The van der Waals surface area contributed by atoms with Crippen molar-refractivity contribution in [2.45, 2.75) is 42.6 Å². The molecular formula is C19H24N2O4S. The van der Waals surface area contributed by atoms with E-state index >= 15 is 0 Å². The van der Waals surface area contributed by atoms with Crippen molar-refractivity contribution in [1.82, 2.24) is 3.97 Å². The standard InChI is InChI=1S/C19H24N2O4S/c1-20(2)16-8-10-17(11-9-16)26(23,24)21-14-6-7-18(21)19(25-15-22)12-4-3-5-13-19/h6-11,14-15H,3-5,12-13H2,1-2H3. The fraction of sp³-hybridized carbons (Fsp3) is 0.421. The van der Waals surface area contributed by atoms with Crippen LogP contribution >= 0.6 is 0 Å². The van der Waals surface area contributed by atoms with Crippen molar-refractivity contribution in [2.75, 3.05) is 19.0 Å². The molecular weight excluding hydrogens is 352 g/mol. The molecule has 6 nitrogen and oxygen atoms in total. The zero-order valence-corrected chi connectivity index (χ0v) is 15.9. The zero-order chi connectivity index (χ0) is 18.8. The summed E-state index contributed by atoms with van der Waals surface area (Å²) in [6.07, 6.45) is 5.64. The maximum absolute atomic E-state index is 13.2. The minimum absolute atomic E-state index is 0.206. The molecule has 0 N–H and O–H groups in total. The molecule has 26 heavy (non-hydrogen) atoms. The topological polar surface area (TPSA) is 68.6 Å². The molecule has 1 aromatic heterocycles. The van der Waals surface area contributed by atoms with Crippen molar-refractivity contribution in [3.8, 4) is 0 Å². The number of aromatic nitrogens is 1. The number of hydrogen-bond acceptors (Lipinski definition) is 5. The summed E-state index contributed by atoms with van der Waals surface area (Å²) in [6.45, 7) is 0.432. The van der Waals surface area contributed by atoms with Crippen molar-refractivity contribution in [3.63, 3.8) is 0 Å². The van der Waals surface area contributed by atoms with E-state index in [2.05, 4.69) is 0 Å². The number of rotatable bonds is 6. The van der Waals surface area contributed by atoms with Gasteiger partial charge in [0.1, 0.15) is 0 Å². The normalized spacial score (nSPS) is 16.8. The van der Waals surface area contributed by atoms with Crippen LogP contribution in [0.5, 0.6) is 0 Å². The molecule has 0 amide bonds. The predicted octanol–water partition coefficient (Wildman–Crippen LogP) is 3.12. The van der Waals surface area contributed by atoms with Gasteiger partial charge in [-0.2, -0.15) is 0 Å². The molecule has 0 spiro atoms. The molecule has 2 aromatic rings. The minimum atomic E-state index is -3.77. The first-order valence-electron chi connectivity index (χ1n) is 8.73. The van der Waals surface area contributed by atoms with Crippen LogP contribution in [-0.4, -0.2) is 33.0 Å². The average Bonchev–Trinajstić information content (AvgIpc) is 3.14. The van der Waals surface area contributed by atoms with Gasteiger partial charge in [-0.1, -0.05) is 6.42 Å². The summed E-state index contributed by atoms with van der Waals surface area (Å²) < 4.78 is 33.1. The van der Waals surface area contributed by atoms with Crippen molar-refractivity contribution >= 4 is 22.2 Å². The molecule has 140 valence electrons. The van der Waals surface area contributed by atoms with Gasteiger partial charge in [-0.3, -0.25) is 4.79 Å². The highest BCUT2D eigenvalue weighted by Crippen LogP contribution is 2.41. The number of carbonyl (C=O) groups is 1. The number of hydrogen-bond donors (Lipinski definition) is 0. The van der Waals surface area contributed by atoms with E-state index in [9.17, 15) is 13.2 Å². The zero-order valence-electron chi connectivity index (χ0n) is 15.1. The Morgan fingerprint density at radius 3 is 2.31 bits per heavy atom. The lowest BCUT2D eigenvalue weighted by Crippen LogP contribution is -2.35. The van der Waals surface area contributed by atoms with Gasteiger partial charge in [0.2, 0.25) is 0 Å². The fourth-order valence-corrected chi connectivity index (χ4v) is 5.03. The Kier molecular flexibility index (Phi) is 5.09. The van der Waals surface area contributed by atoms with E-state index in [0.717, 1.165) is 24.9 Å². The summed E-state index contributed by atoms with van der Waals surface area (Å²) in [7, 11) is 0.0276. The fourth-order valence-electron chi connectivity index (χ4n) is 3.61. The molecule has 1 aliphatic carbocycles. The van der Waals surface area contributed by atoms with E-state index < -0.39 is 15.6 Å². The van der Waals surface area contributed by atoms with Crippen molar-refractivity contribution < 1.29 is 17.9 Å². The second-order valence-electron chi connectivity index (χ2n) is 6.85. The van der Waals surface area contributed by atoms with E-state index in [1.807, 2.05) is 19.0 Å². The van der Waals surface area contributed by atoms with Crippen LogP contribution in [0.4, 0.5) is 5.69 Å². The van der Waals surface area contributed by atoms with Gasteiger partial charge in [-0.15, -0.1) is 0 Å². The Hall–Kier alpha value is -2.28. The first-order chi connectivity index (χ1) is 12.4. The van der Waals surface area contributed by atoms with E-state index in [1.54, 1.807) is 36.4 Å². The quantitative estimate of drug-likeness (QED) is 0.725. The Labute approximate surface area is 154 Å². The Morgan fingerprint density at radius 1 is 1.08 bits per heavy atom. The molecule has 1 saturated carbocycles. The Balaban J connectivity index is 2.04. The Morgan fingerprint density at radius 2 is 1.73 bits per heavy atom. The largest absolute Gasteiger partial charge is 0.455 e. The van der Waals surface area contributed by atoms with Gasteiger partial charge in [-0.05, 0) is 62.1 Å². The van der Waals surface area contributed by atoms with Gasteiger partial charge in [0.15, 0.2) is 5.60 Å². The number of anilines is 1. The van der Waals surface area contributed by atoms with Crippen molar-refractivity contribution in [1.29, 1.82) is 0 Å². The highest BCUT2D eigenvalue weighted by Gasteiger charge is 2.40. The molecule has 0 saturated heterocycles. The number of ether oxygens (including phenoxy) is 1. The van der Waals surface area contributed by atoms with Crippen LogP contribution in [-0.2, 0) is 25.2 Å². The molecule has 7 heteroatoms. The number of nitrogens with zero attached hydrogens (tertiary/aromatic N) is 2. The SMILES string of the molecule is CN(C)c1ccc(S(=O)(=O)n2cccc2C2(OC=O)CCCCC2)cc1. The maximum atomic E-state index is 13.2. The lowest BCUT2D eigenvalue weighted by Gasteiger charge is -2.36. The lowest BCUT2D eigenvalue weighted by molar-refractivity contribution is -0.149. The smallest absolute Gasteiger partial charge is 0.294 e. The predicted molar refractivity (Wildman–Crippen MR) is 99.7 cm³/mol. The summed E-state index contributed by atoms with van der Waals surface area (Å²) in [6, 6.07) is 10.2. The summed E-state index contributed by atoms with van der Waals surface area (Å²) in [5.74, 6) is 0. The van der Waals surface area contributed by atoms with E-state index in [1.165, 1.54) is 10.2 Å². The second kappa shape index (κ2) is 7.15. The van der Waals surface area contributed by atoms with E-state index in [4.69, 9.17) is 4.74 Å². The number of carbonyl (C=O) groups excluding carboxylic acids is 1. The lowest BCUT2D eigenvalue weighted by atomic mass is 9.82. The summed E-state index contributed by atoms with van der Waals surface area (Å²) >= 11 is 0. The summed E-state index contributed by atoms with van der Waals surface area (Å²) in [4.78, 5) is 13.2. The van der Waals surface area contributed by atoms with Crippen LogP contribution in [0.25, 0.3) is 0 Å². The van der Waals surface area contributed by atoms with Crippen LogP contribution in [0.2, 0.25) is 0 Å². The molecule has 0 bridgehead atoms. The Bertz CT molecular complexity index is 863. The maximum Gasteiger partial charge on any atom is 0.294 e. The average molecular weight is 376 g/mol. The molecule has 3 rings (SSSR count). The third-order valence-corrected chi connectivity index (χ3v) is 6.73. The first kappa shape index (κ1) is 18.5.